The lowest BCUT2D eigenvalue weighted by molar-refractivity contribution is -0.139. The van der Waals surface area contributed by atoms with E-state index in [0.29, 0.717) is 6.61 Å². The van der Waals surface area contributed by atoms with Crippen LogP contribution in [0.3, 0.4) is 0 Å². The Morgan fingerprint density at radius 3 is 1.61 bits per heavy atom. The molecule has 7 nitrogen and oxygen atoms in total. The fraction of sp³-hybridized carbons (Fsp3) is 0.438. The molecule has 0 aromatic rings. The predicted molar refractivity (Wildman–Crippen MR) is 86.5 cm³/mol. The molecule has 0 fully saturated rings. The quantitative estimate of drug-likeness (QED) is 0.312. The van der Waals surface area contributed by atoms with Gasteiger partial charge in [-0.3, -0.25) is 0 Å². The van der Waals surface area contributed by atoms with Gasteiger partial charge >= 0.3 is 17.9 Å². The van der Waals surface area contributed by atoms with Crippen molar-refractivity contribution in [1.29, 1.82) is 0 Å². The molecule has 0 atom stereocenters. The number of methoxy groups -OCH3 is 1. The minimum Gasteiger partial charge on any atom is -0.466 e. The smallest absolute Gasteiger partial charge is 0.330 e. The van der Waals surface area contributed by atoms with Crippen LogP contribution in [-0.2, 0) is 28.6 Å². The molecule has 0 radical (unpaired) electrons. The van der Waals surface area contributed by atoms with E-state index < -0.39 is 11.9 Å². The van der Waals surface area contributed by atoms with Gasteiger partial charge in [0.25, 0.3) is 0 Å². The zero-order chi connectivity index (χ0) is 18.5. The van der Waals surface area contributed by atoms with E-state index in [2.05, 4.69) is 33.9 Å². The number of ether oxygens (including phenoxy) is 3. The number of carbonyl (C=O) groups is 3. The standard InChI is InChI=1S/C7H12O2.C5H8O3.C4H6O2/c1-3-5-6-9-7(8)4-2;1-2-5(7)8-4-3-6;1-3-4(5)6-2/h4H,2-3,5-6H2,1H3;2,6H,1,3-4H2;3H,1H2,2H3. The molecule has 0 saturated carbocycles. The van der Waals surface area contributed by atoms with Crippen LogP contribution in [0.1, 0.15) is 19.8 Å². The summed E-state index contributed by atoms with van der Waals surface area (Å²) in [4.78, 5) is 30.3. The Kier molecular flexibility index (Phi) is 24.3. The first-order chi connectivity index (χ1) is 10.9. The fourth-order valence-corrected chi connectivity index (χ4v) is 0.665. The molecule has 7 heteroatoms. The molecule has 0 aromatic heterocycles. The molecule has 23 heavy (non-hydrogen) atoms. The molecular formula is C16H26O7. The third kappa shape index (κ3) is 28.5. The van der Waals surface area contributed by atoms with Gasteiger partial charge in [-0.2, -0.15) is 0 Å². The normalized spacial score (nSPS) is 7.96. The second-order valence-corrected chi connectivity index (χ2v) is 3.55. The topological polar surface area (TPSA) is 99.1 Å². The van der Waals surface area contributed by atoms with E-state index in [1.807, 2.05) is 6.92 Å². The summed E-state index contributed by atoms with van der Waals surface area (Å²) < 4.78 is 13.2. The van der Waals surface area contributed by atoms with Gasteiger partial charge in [0, 0.05) is 18.2 Å². The molecule has 0 amide bonds. The first-order valence-electron chi connectivity index (χ1n) is 6.82. The number of aliphatic hydroxyl groups is 1. The van der Waals surface area contributed by atoms with Crippen LogP contribution >= 0.6 is 0 Å². The van der Waals surface area contributed by atoms with E-state index in [9.17, 15) is 14.4 Å². The molecule has 0 spiro atoms. The maximum absolute atomic E-state index is 10.3. The van der Waals surface area contributed by atoms with Crippen LogP contribution in [0.5, 0.6) is 0 Å². The maximum atomic E-state index is 10.3. The number of hydrogen-bond donors (Lipinski definition) is 1. The van der Waals surface area contributed by atoms with Crippen LogP contribution in [0, 0.1) is 0 Å². The molecular weight excluding hydrogens is 304 g/mol. The van der Waals surface area contributed by atoms with E-state index in [-0.39, 0.29) is 19.2 Å². The summed E-state index contributed by atoms with van der Waals surface area (Å²) in [6, 6.07) is 0. The van der Waals surface area contributed by atoms with Gasteiger partial charge in [-0.15, -0.1) is 0 Å². The minimum atomic E-state index is -0.501. The maximum Gasteiger partial charge on any atom is 0.330 e. The van der Waals surface area contributed by atoms with Gasteiger partial charge < -0.3 is 19.3 Å². The third-order valence-electron chi connectivity index (χ3n) is 1.78. The van der Waals surface area contributed by atoms with Crippen molar-refractivity contribution in [2.75, 3.05) is 26.9 Å². The van der Waals surface area contributed by atoms with E-state index in [1.54, 1.807) is 0 Å². The largest absolute Gasteiger partial charge is 0.466 e. The first kappa shape index (κ1) is 25.5. The number of aliphatic hydroxyl groups excluding tert-OH is 1. The van der Waals surface area contributed by atoms with Gasteiger partial charge in [0.1, 0.15) is 6.61 Å². The van der Waals surface area contributed by atoms with Gasteiger partial charge in [-0.25, -0.2) is 14.4 Å². The van der Waals surface area contributed by atoms with Crippen molar-refractivity contribution in [2.24, 2.45) is 0 Å². The summed E-state index contributed by atoms with van der Waals surface area (Å²) in [6.45, 7) is 12.0. The number of esters is 3. The Balaban J connectivity index is -0.000000266. The van der Waals surface area contributed by atoms with E-state index in [1.165, 1.54) is 13.2 Å². The average molecular weight is 330 g/mol. The van der Waals surface area contributed by atoms with E-state index in [0.717, 1.165) is 25.0 Å². The second kappa shape index (κ2) is 21.9. The average Bonchev–Trinajstić information content (AvgIpc) is 2.59. The zero-order valence-electron chi connectivity index (χ0n) is 13.8. The highest BCUT2D eigenvalue weighted by Gasteiger charge is 1.91. The van der Waals surface area contributed by atoms with Gasteiger partial charge in [-0.1, -0.05) is 33.1 Å². The zero-order valence-corrected chi connectivity index (χ0v) is 13.8. The Labute approximate surface area is 137 Å². The number of unbranched alkanes of at least 4 members (excludes halogenated alkanes) is 1. The summed E-state index contributed by atoms with van der Waals surface area (Å²) in [7, 11) is 1.31. The highest BCUT2D eigenvalue weighted by atomic mass is 16.5. The SMILES string of the molecule is C=CC(=O)OC.C=CC(=O)OCCCC.C=CC(=O)OCCO. The Bertz CT molecular complexity index is 361. The highest BCUT2D eigenvalue weighted by Crippen LogP contribution is 1.88. The summed E-state index contributed by atoms with van der Waals surface area (Å²) in [5.74, 6) is -1.22. The molecule has 0 unspecified atom stereocenters. The molecule has 0 aliphatic heterocycles. The van der Waals surface area contributed by atoms with Crippen LogP contribution in [0.15, 0.2) is 38.0 Å². The van der Waals surface area contributed by atoms with Crippen molar-refractivity contribution in [2.45, 2.75) is 19.8 Å². The fourth-order valence-electron chi connectivity index (χ4n) is 0.665. The summed E-state index contributed by atoms with van der Waals surface area (Å²) >= 11 is 0. The van der Waals surface area contributed by atoms with Crippen molar-refractivity contribution in [3.05, 3.63) is 38.0 Å². The summed E-state index contributed by atoms with van der Waals surface area (Å²) in [6.07, 6.45) is 5.31. The lowest BCUT2D eigenvalue weighted by Gasteiger charge is -1.97. The summed E-state index contributed by atoms with van der Waals surface area (Å²) in [5, 5.41) is 8.10. The molecule has 0 rings (SSSR count). The first-order valence-corrected chi connectivity index (χ1v) is 6.82. The molecule has 0 saturated heterocycles. The van der Waals surface area contributed by atoms with E-state index in [4.69, 9.17) is 5.11 Å². The van der Waals surface area contributed by atoms with Crippen molar-refractivity contribution >= 4 is 17.9 Å². The Morgan fingerprint density at radius 1 is 0.913 bits per heavy atom. The molecule has 0 heterocycles. The number of hydrogen-bond acceptors (Lipinski definition) is 7. The minimum absolute atomic E-state index is 0.0465. The Hall–Kier alpha value is -2.41. The van der Waals surface area contributed by atoms with Crippen LogP contribution in [-0.4, -0.2) is 49.9 Å². The van der Waals surface area contributed by atoms with Crippen molar-refractivity contribution in [3.63, 3.8) is 0 Å². The number of rotatable bonds is 8. The van der Waals surface area contributed by atoms with Crippen LogP contribution in [0.2, 0.25) is 0 Å². The van der Waals surface area contributed by atoms with Gasteiger partial charge in [0.15, 0.2) is 0 Å². The van der Waals surface area contributed by atoms with Gasteiger partial charge in [0.2, 0.25) is 0 Å². The molecule has 132 valence electrons. The van der Waals surface area contributed by atoms with Crippen molar-refractivity contribution in [3.8, 4) is 0 Å². The lowest BCUT2D eigenvalue weighted by Crippen LogP contribution is -2.04. The van der Waals surface area contributed by atoms with E-state index >= 15 is 0 Å². The molecule has 0 aromatic carbocycles. The molecule has 0 aliphatic rings. The molecule has 0 bridgehead atoms. The van der Waals surface area contributed by atoms with Crippen LogP contribution in [0.25, 0.3) is 0 Å². The second-order valence-electron chi connectivity index (χ2n) is 3.55. The number of carbonyl (C=O) groups excluding carboxylic acids is 3. The molecule has 0 aliphatic carbocycles. The molecule has 1 N–H and O–H groups in total. The lowest BCUT2D eigenvalue weighted by atomic mass is 10.4. The predicted octanol–water partition coefficient (Wildman–Crippen LogP) is 1.57. The monoisotopic (exact) mass is 330 g/mol. The van der Waals surface area contributed by atoms with Gasteiger partial charge in [0.05, 0.1) is 20.3 Å². The van der Waals surface area contributed by atoms with Crippen LogP contribution in [0.4, 0.5) is 0 Å². The Morgan fingerprint density at radius 2 is 1.35 bits per heavy atom. The van der Waals surface area contributed by atoms with Crippen molar-refractivity contribution in [1.82, 2.24) is 0 Å². The van der Waals surface area contributed by atoms with Crippen LogP contribution < -0.4 is 0 Å². The third-order valence-corrected chi connectivity index (χ3v) is 1.78. The highest BCUT2D eigenvalue weighted by molar-refractivity contribution is 5.81. The summed E-state index contributed by atoms with van der Waals surface area (Å²) in [5.41, 5.74) is 0. The van der Waals surface area contributed by atoms with Gasteiger partial charge in [-0.05, 0) is 6.42 Å². The van der Waals surface area contributed by atoms with Crippen molar-refractivity contribution < 1.29 is 33.7 Å².